The van der Waals surface area contributed by atoms with E-state index in [1.54, 1.807) is 56.7 Å². The number of hydrogen-bond donors (Lipinski definition) is 1. The van der Waals surface area contributed by atoms with Crippen molar-refractivity contribution in [2.45, 2.75) is 6.61 Å². The second kappa shape index (κ2) is 10.4. The maximum atomic E-state index is 12.2. The molecule has 3 aromatic rings. The lowest BCUT2D eigenvalue weighted by molar-refractivity contribution is -0.111. The van der Waals surface area contributed by atoms with E-state index in [-0.39, 0.29) is 5.91 Å². The molecule has 0 spiro atoms. The van der Waals surface area contributed by atoms with Crippen molar-refractivity contribution in [3.8, 4) is 17.2 Å². The first kappa shape index (κ1) is 21.3. The van der Waals surface area contributed by atoms with Crippen LogP contribution < -0.4 is 19.5 Å². The van der Waals surface area contributed by atoms with E-state index in [2.05, 4.69) is 5.32 Å². The Labute approximate surface area is 180 Å². The second-order valence-corrected chi connectivity index (χ2v) is 6.75. The Morgan fingerprint density at radius 3 is 2.43 bits per heavy atom. The molecule has 0 atom stereocenters. The van der Waals surface area contributed by atoms with E-state index in [0.717, 1.165) is 16.9 Å². The van der Waals surface area contributed by atoms with Crippen LogP contribution in [0.2, 0.25) is 5.02 Å². The summed E-state index contributed by atoms with van der Waals surface area (Å²) in [6.45, 7) is 0.329. The van der Waals surface area contributed by atoms with Crippen molar-refractivity contribution < 1.29 is 19.0 Å². The third-order valence-corrected chi connectivity index (χ3v) is 4.68. The van der Waals surface area contributed by atoms with Crippen LogP contribution in [0.25, 0.3) is 6.08 Å². The Balaban J connectivity index is 1.63. The summed E-state index contributed by atoms with van der Waals surface area (Å²) in [6.07, 6.45) is 3.17. The average molecular weight is 424 g/mol. The normalized spacial score (nSPS) is 10.6. The van der Waals surface area contributed by atoms with Gasteiger partial charge in [-0.1, -0.05) is 35.9 Å². The fourth-order valence-corrected chi connectivity index (χ4v) is 2.90. The number of hydrogen-bond acceptors (Lipinski definition) is 4. The summed E-state index contributed by atoms with van der Waals surface area (Å²) in [5.74, 6) is 1.66. The zero-order valence-corrected chi connectivity index (χ0v) is 17.5. The molecule has 0 heterocycles. The minimum absolute atomic E-state index is 0.238. The van der Waals surface area contributed by atoms with Crippen LogP contribution >= 0.6 is 11.6 Å². The molecule has 30 heavy (non-hydrogen) atoms. The first-order chi connectivity index (χ1) is 14.6. The molecule has 0 aromatic heterocycles. The van der Waals surface area contributed by atoms with E-state index in [0.29, 0.717) is 28.8 Å². The SMILES string of the molecule is COc1ccc(NC(=O)/C=C/c2ccc(OCc3ccccc3Cl)c(OC)c2)cc1. The van der Waals surface area contributed by atoms with Crippen molar-refractivity contribution in [2.75, 3.05) is 19.5 Å². The number of carbonyl (C=O) groups excluding carboxylic acids is 1. The van der Waals surface area contributed by atoms with Crippen molar-refractivity contribution in [3.63, 3.8) is 0 Å². The molecule has 6 heteroatoms. The van der Waals surface area contributed by atoms with E-state index in [4.69, 9.17) is 25.8 Å². The molecule has 0 bridgehead atoms. The highest BCUT2D eigenvalue weighted by Gasteiger charge is 2.07. The first-order valence-corrected chi connectivity index (χ1v) is 9.64. The minimum Gasteiger partial charge on any atom is -0.497 e. The van der Waals surface area contributed by atoms with Gasteiger partial charge in [0.05, 0.1) is 14.2 Å². The van der Waals surface area contributed by atoms with Crippen LogP contribution in [0.5, 0.6) is 17.2 Å². The fourth-order valence-electron chi connectivity index (χ4n) is 2.71. The number of carbonyl (C=O) groups is 1. The number of nitrogens with one attached hydrogen (secondary N) is 1. The Morgan fingerprint density at radius 2 is 1.73 bits per heavy atom. The molecule has 0 aliphatic rings. The van der Waals surface area contributed by atoms with E-state index < -0.39 is 0 Å². The van der Waals surface area contributed by atoms with Gasteiger partial charge in [-0.3, -0.25) is 4.79 Å². The number of amides is 1. The highest BCUT2D eigenvalue weighted by molar-refractivity contribution is 6.31. The van der Waals surface area contributed by atoms with Gasteiger partial charge in [-0.2, -0.15) is 0 Å². The Kier molecular flexibility index (Phi) is 7.35. The van der Waals surface area contributed by atoms with Gasteiger partial charge in [0.15, 0.2) is 11.5 Å². The zero-order chi connectivity index (χ0) is 21.3. The molecule has 154 valence electrons. The number of methoxy groups -OCH3 is 2. The lowest BCUT2D eigenvalue weighted by atomic mass is 10.2. The quantitative estimate of drug-likeness (QED) is 0.480. The summed E-state index contributed by atoms with van der Waals surface area (Å²) in [6, 6.07) is 20.1. The van der Waals surface area contributed by atoms with Crippen molar-refractivity contribution in [2.24, 2.45) is 0 Å². The predicted molar refractivity (Wildman–Crippen MR) is 119 cm³/mol. The number of anilines is 1. The molecule has 5 nitrogen and oxygen atoms in total. The molecule has 0 radical (unpaired) electrons. The van der Waals surface area contributed by atoms with E-state index in [1.165, 1.54) is 6.08 Å². The second-order valence-electron chi connectivity index (χ2n) is 6.34. The van der Waals surface area contributed by atoms with Gasteiger partial charge in [0.25, 0.3) is 0 Å². The van der Waals surface area contributed by atoms with Crippen LogP contribution in [0.3, 0.4) is 0 Å². The number of benzene rings is 3. The number of ether oxygens (including phenoxy) is 3. The summed E-state index contributed by atoms with van der Waals surface area (Å²) in [7, 11) is 3.17. The summed E-state index contributed by atoms with van der Waals surface area (Å²) < 4.78 is 16.4. The summed E-state index contributed by atoms with van der Waals surface area (Å²) in [5, 5.41) is 3.45. The first-order valence-electron chi connectivity index (χ1n) is 9.26. The van der Waals surface area contributed by atoms with Gasteiger partial charge in [0, 0.05) is 22.3 Å². The maximum Gasteiger partial charge on any atom is 0.248 e. The van der Waals surface area contributed by atoms with E-state index in [9.17, 15) is 4.79 Å². The maximum absolute atomic E-state index is 12.2. The lowest BCUT2D eigenvalue weighted by Gasteiger charge is -2.12. The van der Waals surface area contributed by atoms with Gasteiger partial charge in [0.1, 0.15) is 12.4 Å². The van der Waals surface area contributed by atoms with Crippen LogP contribution in [-0.4, -0.2) is 20.1 Å². The number of rotatable bonds is 8. The molecule has 3 aromatic carbocycles. The topological polar surface area (TPSA) is 56.8 Å². The monoisotopic (exact) mass is 423 g/mol. The molecular formula is C24H22ClNO4. The molecular weight excluding hydrogens is 402 g/mol. The van der Waals surface area contributed by atoms with E-state index in [1.807, 2.05) is 30.3 Å². The van der Waals surface area contributed by atoms with E-state index >= 15 is 0 Å². The highest BCUT2D eigenvalue weighted by atomic mass is 35.5. The van der Waals surface area contributed by atoms with Gasteiger partial charge < -0.3 is 19.5 Å². The standard InChI is InChI=1S/C24H22ClNO4/c1-28-20-11-9-19(10-12-20)26-24(27)14-8-17-7-13-22(23(15-17)29-2)30-16-18-5-3-4-6-21(18)25/h3-15H,16H2,1-2H3,(H,26,27)/b14-8+. The largest absolute Gasteiger partial charge is 0.497 e. The van der Waals surface area contributed by atoms with Crippen LogP contribution in [0.4, 0.5) is 5.69 Å². The zero-order valence-electron chi connectivity index (χ0n) is 16.7. The average Bonchev–Trinajstić information content (AvgIpc) is 2.78. The summed E-state index contributed by atoms with van der Waals surface area (Å²) in [4.78, 5) is 12.2. The molecule has 3 rings (SSSR count). The van der Waals surface area contributed by atoms with Crippen LogP contribution in [-0.2, 0) is 11.4 Å². The molecule has 1 amide bonds. The Morgan fingerprint density at radius 1 is 0.967 bits per heavy atom. The van der Waals surface area contributed by atoms with Crippen molar-refractivity contribution in [1.82, 2.24) is 0 Å². The van der Waals surface area contributed by atoms with Crippen LogP contribution in [0, 0.1) is 0 Å². The summed E-state index contributed by atoms with van der Waals surface area (Å²) in [5.41, 5.74) is 2.38. The third-order valence-electron chi connectivity index (χ3n) is 4.31. The minimum atomic E-state index is -0.238. The van der Waals surface area contributed by atoms with Crippen LogP contribution in [0.15, 0.2) is 72.8 Å². The van der Waals surface area contributed by atoms with Gasteiger partial charge in [0.2, 0.25) is 5.91 Å². The molecule has 0 fully saturated rings. The third kappa shape index (κ3) is 5.78. The van der Waals surface area contributed by atoms with Crippen molar-refractivity contribution >= 4 is 29.3 Å². The summed E-state index contributed by atoms with van der Waals surface area (Å²) >= 11 is 6.17. The molecule has 0 aliphatic heterocycles. The number of halogens is 1. The molecule has 0 aliphatic carbocycles. The molecule has 0 saturated heterocycles. The Hall–Kier alpha value is -3.44. The van der Waals surface area contributed by atoms with Crippen molar-refractivity contribution in [3.05, 3.63) is 89.0 Å². The lowest BCUT2D eigenvalue weighted by Crippen LogP contribution is -2.07. The van der Waals surface area contributed by atoms with Gasteiger partial charge in [-0.15, -0.1) is 0 Å². The molecule has 1 N–H and O–H groups in total. The smallest absolute Gasteiger partial charge is 0.248 e. The van der Waals surface area contributed by atoms with Gasteiger partial charge in [-0.25, -0.2) is 0 Å². The van der Waals surface area contributed by atoms with Crippen LogP contribution in [0.1, 0.15) is 11.1 Å². The predicted octanol–water partition coefficient (Wildman–Crippen LogP) is 5.59. The van der Waals surface area contributed by atoms with Gasteiger partial charge in [-0.05, 0) is 54.1 Å². The molecule has 0 saturated carbocycles. The fraction of sp³-hybridized carbons (Fsp3) is 0.125. The van der Waals surface area contributed by atoms with Gasteiger partial charge >= 0.3 is 0 Å². The van der Waals surface area contributed by atoms with Crippen molar-refractivity contribution in [1.29, 1.82) is 0 Å². The molecule has 0 unspecified atom stereocenters. The Bertz CT molecular complexity index is 1030. The highest BCUT2D eigenvalue weighted by Crippen LogP contribution is 2.30.